The van der Waals surface area contributed by atoms with Gasteiger partial charge in [-0.2, -0.15) is 0 Å². The molecule has 9 nitrogen and oxygen atoms in total. The molecule has 1 atom stereocenters. The van der Waals surface area contributed by atoms with Gasteiger partial charge in [0.2, 0.25) is 5.91 Å². The summed E-state index contributed by atoms with van der Waals surface area (Å²) in [6.45, 7) is 3.69. The lowest BCUT2D eigenvalue weighted by Gasteiger charge is -2.22. The first-order valence-electron chi connectivity index (χ1n) is 8.45. The summed E-state index contributed by atoms with van der Waals surface area (Å²) in [4.78, 5) is 47.9. The fourth-order valence-electron chi connectivity index (χ4n) is 2.76. The van der Waals surface area contributed by atoms with Crippen LogP contribution >= 0.6 is 0 Å². The highest BCUT2D eigenvalue weighted by Crippen LogP contribution is 2.29. The fourth-order valence-corrected chi connectivity index (χ4v) is 2.76. The van der Waals surface area contributed by atoms with Gasteiger partial charge in [0, 0.05) is 18.7 Å². The number of hydrogen-bond acceptors (Lipinski definition) is 5. The number of rotatable bonds is 8. The number of benzene rings is 1. The number of imide groups is 1. The van der Waals surface area contributed by atoms with Gasteiger partial charge < -0.3 is 10.6 Å². The number of carbonyl (C=O) groups excluding carboxylic acids is 3. The number of amides is 4. The average molecular weight is 362 g/mol. The molecule has 4 amide bonds. The highest BCUT2D eigenvalue weighted by atomic mass is 16.6. The number of carbonyl (C=O) groups is 3. The molecule has 0 radical (unpaired) electrons. The van der Waals surface area contributed by atoms with Gasteiger partial charge in [-0.25, -0.2) is 4.79 Å². The molecule has 9 heteroatoms. The molecular formula is C17H22N4O5. The number of urea groups is 1. The number of nitrogens with zero attached hydrogens (tertiary/aromatic N) is 2. The summed E-state index contributed by atoms with van der Waals surface area (Å²) < 4.78 is 0. The van der Waals surface area contributed by atoms with E-state index in [2.05, 4.69) is 10.6 Å². The maximum atomic E-state index is 12.7. The molecule has 1 aliphatic rings. The predicted octanol–water partition coefficient (Wildman–Crippen LogP) is 1.67. The van der Waals surface area contributed by atoms with Crippen LogP contribution in [0.5, 0.6) is 0 Å². The third-order valence-corrected chi connectivity index (χ3v) is 4.33. The van der Waals surface area contributed by atoms with Crippen LogP contribution in [0, 0.1) is 10.1 Å². The summed E-state index contributed by atoms with van der Waals surface area (Å²) in [6, 6.07) is 4.71. The first kappa shape index (κ1) is 19.4. The van der Waals surface area contributed by atoms with E-state index in [4.69, 9.17) is 0 Å². The molecular weight excluding hydrogens is 340 g/mol. The summed E-state index contributed by atoms with van der Waals surface area (Å²) in [7, 11) is 0. The van der Waals surface area contributed by atoms with Gasteiger partial charge in [-0.15, -0.1) is 0 Å². The molecule has 0 bridgehead atoms. The Morgan fingerprint density at radius 2 is 1.92 bits per heavy atom. The Morgan fingerprint density at radius 3 is 2.50 bits per heavy atom. The summed E-state index contributed by atoms with van der Waals surface area (Å²) >= 11 is 0. The zero-order valence-electron chi connectivity index (χ0n) is 14.8. The van der Waals surface area contributed by atoms with Crippen molar-refractivity contribution in [1.29, 1.82) is 0 Å². The normalized spacial score (nSPS) is 19.4. The van der Waals surface area contributed by atoms with Gasteiger partial charge in [-0.1, -0.05) is 19.8 Å². The van der Waals surface area contributed by atoms with Gasteiger partial charge in [-0.05, 0) is 31.0 Å². The van der Waals surface area contributed by atoms with Crippen molar-refractivity contribution in [1.82, 2.24) is 15.5 Å². The Kier molecular flexibility index (Phi) is 5.91. The topological polar surface area (TPSA) is 122 Å². The Morgan fingerprint density at radius 1 is 1.27 bits per heavy atom. The van der Waals surface area contributed by atoms with E-state index >= 15 is 0 Å². The molecule has 26 heavy (non-hydrogen) atoms. The van der Waals surface area contributed by atoms with E-state index in [9.17, 15) is 24.5 Å². The van der Waals surface area contributed by atoms with Gasteiger partial charge >= 0.3 is 6.03 Å². The largest absolute Gasteiger partial charge is 0.355 e. The number of nitro groups is 1. The summed E-state index contributed by atoms with van der Waals surface area (Å²) in [5.41, 5.74) is -1.07. The lowest BCUT2D eigenvalue weighted by Crippen LogP contribution is -2.43. The third kappa shape index (κ3) is 3.98. The number of nitrogens with one attached hydrogen (secondary N) is 2. The van der Waals surface area contributed by atoms with E-state index in [0.29, 0.717) is 12.1 Å². The lowest BCUT2D eigenvalue weighted by atomic mass is 9.92. The van der Waals surface area contributed by atoms with Gasteiger partial charge in [0.25, 0.3) is 11.6 Å². The van der Waals surface area contributed by atoms with Crippen LogP contribution in [0.15, 0.2) is 24.3 Å². The number of unbranched alkanes of at least 4 members (excludes halogenated alkanes) is 2. The van der Waals surface area contributed by atoms with E-state index < -0.39 is 28.3 Å². The molecule has 1 aliphatic heterocycles. The molecule has 0 unspecified atom stereocenters. The van der Waals surface area contributed by atoms with Crippen LogP contribution in [0.4, 0.5) is 10.5 Å². The zero-order valence-corrected chi connectivity index (χ0v) is 14.8. The molecule has 1 fully saturated rings. The summed E-state index contributed by atoms with van der Waals surface area (Å²) in [5, 5.41) is 16.0. The number of nitro benzene ring substituents is 1. The van der Waals surface area contributed by atoms with Gasteiger partial charge in [0.05, 0.1) is 4.92 Å². The predicted molar refractivity (Wildman–Crippen MR) is 93.2 cm³/mol. The molecule has 1 aromatic rings. The minimum absolute atomic E-state index is 0.113. The van der Waals surface area contributed by atoms with Crippen molar-refractivity contribution in [3.63, 3.8) is 0 Å². The van der Waals surface area contributed by atoms with Crippen LogP contribution in [0.3, 0.4) is 0 Å². The highest BCUT2D eigenvalue weighted by molar-refractivity contribution is 6.09. The molecule has 0 aliphatic carbocycles. The van der Waals surface area contributed by atoms with Gasteiger partial charge in [0.1, 0.15) is 12.1 Å². The summed E-state index contributed by atoms with van der Waals surface area (Å²) in [5.74, 6) is -0.974. The molecule has 0 aromatic heterocycles. The Labute approximate surface area is 150 Å². The van der Waals surface area contributed by atoms with Crippen molar-refractivity contribution in [3.05, 3.63) is 39.9 Å². The molecule has 1 aromatic carbocycles. The zero-order chi connectivity index (χ0) is 19.3. The van der Waals surface area contributed by atoms with Crippen LogP contribution in [0.1, 0.15) is 38.7 Å². The second kappa shape index (κ2) is 7.94. The molecule has 140 valence electrons. The third-order valence-electron chi connectivity index (χ3n) is 4.33. The van der Waals surface area contributed by atoms with Crippen LogP contribution < -0.4 is 10.6 Å². The Bertz CT molecular complexity index is 718. The van der Waals surface area contributed by atoms with Crippen LogP contribution in [-0.2, 0) is 15.1 Å². The van der Waals surface area contributed by atoms with E-state index in [1.807, 2.05) is 6.92 Å². The number of non-ortho nitro benzene ring substituents is 1. The molecule has 1 saturated heterocycles. The lowest BCUT2D eigenvalue weighted by molar-refractivity contribution is -0.384. The highest BCUT2D eigenvalue weighted by Gasteiger charge is 2.49. The van der Waals surface area contributed by atoms with E-state index in [-0.39, 0.29) is 12.2 Å². The van der Waals surface area contributed by atoms with Crippen LogP contribution in [0.2, 0.25) is 0 Å². The van der Waals surface area contributed by atoms with Crippen molar-refractivity contribution < 1.29 is 19.3 Å². The summed E-state index contributed by atoms with van der Waals surface area (Å²) in [6.07, 6.45) is 2.85. The van der Waals surface area contributed by atoms with E-state index in [1.165, 1.54) is 31.2 Å². The standard InChI is InChI=1S/C17H22N4O5/c1-3-4-5-10-18-14(22)11-20-15(23)17(2,19-16(20)24)12-6-8-13(9-7-12)21(25)26/h6-9H,3-5,10-11H2,1-2H3,(H,18,22)(H,19,24)/t17-/m0/s1. The van der Waals surface area contributed by atoms with Gasteiger partial charge in [-0.3, -0.25) is 24.6 Å². The van der Waals surface area contributed by atoms with Crippen molar-refractivity contribution in [2.24, 2.45) is 0 Å². The number of hydrogen-bond donors (Lipinski definition) is 2. The van der Waals surface area contributed by atoms with Crippen LogP contribution in [0.25, 0.3) is 0 Å². The minimum Gasteiger partial charge on any atom is -0.355 e. The second-order valence-electron chi connectivity index (χ2n) is 6.31. The first-order chi connectivity index (χ1) is 12.3. The van der Waals surface area contributed by atoms with Crippen molar-refractivity contribution in [2.75, 3.05) is 13.1 Å². The maximum Gasteiger partial charge on any atom is 0.325 e. The molecule has 2 N–H and O–H groups in total. The maximum absolute atomic E-state index is 12.7. The Hall–Kier alpha value is -2.97. The van der Waals surface area contributed by atoms with Crippen molar-refractivity contribution in [2.45, 2.75) is 38.6 Å². The molecule has 0 spiro atoms. The monoisotopic (exact) mass is 362 g/mol. The quantitative estimate of drug-likeness (QED) is 0.315. The fraction of sp³-hybridized carbons (Fsp3) is 0.471. The molecule has 1 heterocycles. The van der Waals surface area contributed by atoms with Crippen molar-refractivity contribution >= 4 is 23.5 Å². The van der Waals surface area contributed by atoms with Gasteiger partial charge in [0.15, 0.2) is 0 Å². The Balaban J connectivity index is 2.07. The first-order valence-corrected chi connectivity index (χ1v) is 8.45. The van der Waals surface area contributed by atoms with Crippen molar-refractivity contribution in [3.8, 4) is 0 Å². The van der Waals surface area contributed by atoms with E-state index in [1.54, 1.807) is 0 Å². The average Bonchev–Trinajstić information content (AvgIpc) is 2.83. The SMILES string of the molecule is CCCCCNC(=O)CN1C(=O)N[C@@](C)(c2ccc([N+](=O)[O-])cc2)C1=O. The second-order valence-corrected chi connectivity index (χ2v) is 6.31. The molecule has 0 saturated carbocycles. The van der Waals surface area contributed by atoms with Crippen LogP contribution in [-0.4, -0.2) is 40.8 Å². The van der Waals surface area contributed by atoms with E-state index in [0.717, 1.165) is 24.2 Å². The molecule has 2 rings (SSSR count). The smallest absolute Gasteiger partial charge is 0.325 e. The minimum atomic E-state index is -1.37.